The summed E-state index contributed by atoms with van der Waals surface area (Å²) in [5.41, 5.74) is 11.7. The third-order valence-electron chi connectivity index (χ3n) is 4.85. The van der Waals surface area contributed by atoms with Gasteiger partial charge in [0.05, 0.1) is 18.7 Å². The first-order chi connectivity index (χ1) is 16.7. The molecule has 3 amide bonds. The maximum Gasteiger partial charge on any atom is 0.305 e. The first-order valence-corrected chi connectivity index (χ1v) is 10.5. The minimum Gasteiger partial charge on any atom is -0.481 e. The van der Waals surface area contributed by atoms with Gasteiger partial charge in [0.25, 0.3) is 5.91 Å². The van der Waals surface area contributed by atoms with Gasteiger partial charge in [-0.1, -0.05) is 42.5 Å². The van der Waals surface area contributed by atoms with E-state index in [1.807, 2.05) is 30.3 Å². The molecular formula is C24H24N6O5. The molecule has 0 saturated heterocycles. The average Bonchev–Trinajstić information content (AvgIpc) is 2.82. The SMILES string of the molecule is NC(N)=Nc1cccc(C(=O)NCC(=O)N[C@@H](CC(=O)O)C(=O)Nc2cccc3ccccc23)c1. The predicted octanol–water partition coefficient (Wildman–Crippen LogP) is 1.07. The average molecular weight is 476 g/mol. The van der Waals surface area contributed by atoms with Crippen LogP contribution in [0.4, 0.5) is 11.4 Å². The fraction of sp³-hybridized carbons (Fsp3) is 0.125. The number of carbonyl (C=O) groups excluding carboxylic acids is 3. The second kappa shape index (κ2) is 11.3. The molecule has 0 radical (unpaired) electrons. The van der Waals surface area contributed by atoms with E-state index in [4.69, 9.17) is 11.5 Å². The number of fused-ring (bicyclic) bond motifs is 1. The van der Waals surface area contributed by atoms with Gasteiger partial charge in [-0.15, -0.1) is 0 Å². The topological polar surface area (TPSA) is 189 Å². The first kappa shape index (κ1) is 24.7. The Bertz CT molecular complexity index is 1300. The van der Waals surface area contributed by atoms with Gasteiger partial charge in [-0.05, 0) is 29.7 Å². The van der Waals surface area contributed by atoms with Gasteiger partial charge in [0.1, 0.15) is 6.04 Å². The van der Waals surface area contributed by atoms with Crippen molar-refractivity contribution in [1.82, 2.24) is 10.6 Å². The molecule has 0 aliphatic rings. The normalized spacial score (nSPS) is 11.2. The lowest BCUT2D eigenvalue weighted by molar-refractivity contribution is -0.139. The van der Waals surface area contributed by atoms with Crippen molar-refractivity contribution in [2.24, 2.45) is 16.5 Å². The van der Waals surface area contributed by atoms with Gasteiger partial charge in [0.15, 0.2) is 5.96 Å². The first-order valence-electron chi connectivity index (χ1n) is 10.5. The summed E-state index contributed by atoms with van der Waals surface area (Å²) in [5, 5.41) is 18.3. The molecule has 180 valence electrons. The van der Waals surface area contributed by atoms with Gasteiger partial charge >= 0.3 is 5.97 Å². The molecule has 3 rings (SSSR count). The maximum atomic E-state index is 12.8. The second-order valence-electron chi connectivity index (χ2n) is 7.50. The molecule has 0 fully saturated rings. The molecule has 3 aromatic carbocycles. The maximum absolute atomic E-state index is 12.8. The Labute approximate surface area is 200 Å². The van der Waals surface area contributed by atoms with Crippen molar-refractivity contribution in [3.8, 4) is 0 Å². The summed E-state index contributed by atoms with van der Waals surface area (Å²) in [6.07, 6.45) is -0.642. The fourth-order valence-corrected chi connectivity index (χ4v) is 3.31. The number of guanidine groups is 1. The number of hydrogen-bond donors (Lipinski definition) is 6. The lowest BCUT2D eigenvalue weighted by Crippen LogP contribution is -2.48. The van der Waals surface area contributed by atoms with Gasteiger partial charge in [0.2, 0.25) is 11.8 Å². The van der Waals surface area contributed by atoms with Crippen LogP contribution in [-0.2, 0) is 14.4 Å². The van der Waals surface area contributed by atoms with Crippen molar-refractivity contribution >= 4 is 51.8 Å². The minimum absolute atomic E-state index is 0.173. The van der Waals surface area contributed by atoms with Gasteiger partial charge in [-0.3, -0.25) is 19.2 Å². The summed E-state index contributed by atoms with van der Waals surface area (Å²) < 4.78 is 0. The molecule has 1 atom stereocenters. The van der Waals surface area contributed by atoms with Crippen LogP contribution in [-0.4, -0.2) is 47.3 Å². The number of aliphatic imine (C=N–C) groups is 1. The molecule has 0 bridgehead atoms. The molecular weight excluding hydrogens is 452 g/mol. The van der Waals surface area contributed by atoms with Crippen LogP contribution >= 0.6 is 0 Å². The van der Waals surface area contributed by atoms with Crippen molar-refractivity contribution in [3.05, 3.63) is 72.3 Å². The summed E-state index contributed by atoms with van der Waals surface area (Å²) in [7, 11) is 0. The number of carbonyl (C=O) groups is 4. The molecule has 3 aromatic rings. The Morgan fingerprint density at radius 3 is 2.40 bits per heavy atom. The number of nitrogens with two attached hydrogens (primary N) is 2. The number of carboxylic acid groups (broad SMARTS) is 1. The molecule has 0 heterocycles. The Balaban J connectivity index is 1.64. The summed E-state index contributed by atoms with van der Waals surface area (Å²) in [5.74, 6) is -3.47. The van der Waals surface area contributed by atoms with Crippen molar-refractivity contribution < 1.29 is 24.3 Å². The number of aliphatic carboxylic acids is 1. The summed E-state index contributed by atoms with van der Waals surface area (Å²) in [6, 6.07) is 17.4. The standard InChI is InChI=1S/C24H24N6O5/c25-24(26)28-16-8-3-7-15(11-16)22(34)27-13-20(31)29-19(12-21(32)33)23(35)30-18-10-4-6-14-5-1-2-9-17(14)18/h1-11,19H,12-13H2,(H,27,34)(H,29,31)(H,30,35)(H,32,33)(H4,25,26,28)/t19-/m0/s1. The molecule has 11 heteroatoms. The van der Waals surface area contributed by atoms with E-state index >= 15 is 0 Å². The van der Waals surface area contributed by atoms with Crippen molar-refractivity contribution in [1.29, 1.82) is 0 Å². The van der Waals surface area contributed by atoms with E-state index < -0.39 is 42.7 Å². The van der Waals surface area contributed by atoms with Crippen LogP contribution in [0.5, 0.6) is 0 Å². The Morgan fingerprint density at radius 2 is 1.66 bits per heavy atom. The van der Waals surface area contributed by atoms with Gasteiger partial charge < -0.3 is 32.5 Å². The monoisotopic (exact) mass is 476 g/mol. The molecule has 0 aliphatic carbocycles. The molecule has 0 aromatic heterocycles. The Kier molecular flexibility index (Phi) is 7.96. The Hall–Kier alpha value is -4.93. The molecule has 0 unspecified atom stereocenters. The Morgan fingerprint density at radius 1 is 0.943 bits per heavy atom. The zero-order valence-electron chi connectivity index (χ0n) is 18.5. The minimum atomic E-state index is -1.36. The molecule has 0 saturated carbocycles. The zero-order valence-corrected chi connectivity index (χ0v) is 18.5. The smallest absolute Gasteiger partial charge is 0.305 e. The van der Waals surface area contributed by atoms with E-state index in [0.717, 1.165) is 10.8 Å². The highest BCUT2D eigenvalue weighted by Gasteiger charge is 2.24. The largest absolute Gasteiger partial charge is 0.481 e. The number of nitrogens with one attached hydrogen (secondary N) is 3. The third-order valence-corrected chi connectivity index (χ3v) is 4.85. The summed E-state index contributed by atoms with van der Waals surface area (Å²) >= 11 is 0. The van der Waals surface area contributed by atoms with Crippen molar-refractivity contribution in [2.75, 3.05) is 11.9 Å². The second-order valence-corrected chi connectivity index (χ2v) is 7.50. The van der Waals surface area contributed by atoms with Crippen LogP contribution in [0.2, 0.25) is 0 Å². The van der Waals surface area contributed by atoms with E-state index in [0.29, 0.717) is 11.4 Å². The van der Waals surface area contributed by atoms with Crippen LogP contribution < -0.4 is 27.4 Å². The van der Waals surface area contributed by atoms with Crippen molar-refractivity contribution in [3.63, 3.8) is 0 Å². The fourth-order valence-electron chi connectivity index (χ4n) is 3.31. The van der Waals surface area contributed by atoms with E-state index in [9.17, 15) is 24.3 Å². The van der Waals surface area contributed by atoms with E-state index in [2.05, 4.69) is 20.9 Å². The van der Waals surface area contributed by atoms with Gasteiger partial charge in [-0.2, -0.15) is 0 Å². The number of carboxylic acids is 1. The number of rotatable bonds is 9. The highest BCUT2D eigenvalue weighted by molar-refractivity contribution is 6.06. The molecule has 8 N–H and O–H groups in total. The highest BCUT2D eigenvalue weighted by Crippen LogP contribution is 2.23. The predicted molar refractivity (Wildman–Crippen MR) is 131 cm³/mol. The molecule has 11 nitrogen and oxygen atoms in total. The number of anilines is 1. The molecule has 0 spiro atoms. The zero-order chi connectivity index (χ0) is 25.4. The molecule has 35 heavy (non-hydrogen) atoms. The van der Waals surface area contributed by atoms with E-state index in [-0.39, 0.29) is 11.5 Å². The van der Waals surface area contributed by atoms with Crippen molar-refractivity contribution in [2.45, 2.75) is 12.5 Å². The lowest BCUT2D eigenvalue weighted by Gasteiger charge is -2.18. The number of amides is 3. The number of benzene rings is 3. The van der Waals surface area contributed by atoms with E-state index in [1.54, 1.807) is 24.3 Å². The van der Waals surface area contributed by atoms with Gasteiger partial charge in [0, 0.05) is 16.6 Å². The summed E-state index contributed by atoms with van der Waals surface area (Å²) in [4.78, 5) is 52.7. The number of hydrogen-bond acceptors (Lipinski definition) is 5. The van der Waals surface area contributed by atoms with E-state index in [1.165, 1.54) is 12.1 Å². The third kappa shape index (κ3) is 7.02. The highest BCUT2D eigenvalue weighted by atomic mass is 16.4. The lowest BCUT2D eigenvalue weighted by atomic mass is 10.1. The number of nitrogens with zero attached hydrogens (tertiary/aromatic N) is 1. The summed E-state index contributed by atoms with van der Waals surface area (Å²) in [6.45, 7) is -0.483. The van der Waals surface area contributed by atoms with Crippen LogP contribution in [0.1, 0.15) is 16.8 Å². The molecule has 0 aliphatic heterocycles. The van der Waals surface area contributed by atoms with Gasteiger partial charge in [-0.25, -0.2) is 4.99 Å². The van der Waals surface area contributed by atoms with Crippen LogP contribution in [0.3, 0.4) is 0 Å². The quantitative estimate of drug-likeness (QED) is 0.197. The van der Waals surface area contributed by atoms with Crippen LogP contribution in [0.25, 0.3) is 10.8 Å². The van der Waals surface area contributed by atoms with Crippen LogP contribution in [0.15, 0.2) is 71.7 Å². The van der Waals surface area contributed by atoms with Crippen LogP contribution in [0, 0.1) is 0 Å².